The third-order valence-corrected chi connectivity index (χ3v) is 8.17. The summed E-state index contributed by atoms with van der Waals surface area (Å²) in [5.74, 6) is 0.156. The van der Waals surface area contributed by atoms with Crippen molar-refractivity contribution in [2.45, 2.75) is 63.2 Å². The number of fused-ring (bicyclic) bond motifs is 3. The molecule has 0 aliphatic heterocycles. The van der Waals surface area contributed by atoms with Crippen molar-refractivity contribution in [1.82, 2.24) is 14.9 Å². The van der Waals surface area contributed by atoms with Crippen LogP contribution in [0.5, 0.6) is 0 Å². The van der Waals surface area contributed by atoms with Crippen LogP contribution in [0.25, 0.3) is 10.2 Å². The fraction of sp³-hybridized carbons (Fsp3) is 0.480. The number of thiophene rings is 1. The lowest BCUT2D eigenvalue weighted by Crippen LogP contribution is -2.31. The first-order valence-electron chi connectivity index (χ1n) is 11.6. The van der Waals surface area contributed by atoms with Gasteiger partial charge in [0.1, 0.15) is 4.83 Å². The Morgan fingerprint density at radius 2 is 2.06 bits per heavy atom. The number of benzene rings is 1. The second kappa shape index (κ2) is 11.3. The number of carbonyl (C=O) groups is 1. The Morgan fingerprint density at radius 1 is 1.27 bits per heavy atom. The van der Waals surface area contributed by atoms with Crippen molar-refractivity contribution >= 4 is 39.2 Å². The van der Waals surface area contributed by atoms with Crippen LogP contribution in [0.3, 0.4) is 0 Å². The van der Waals surface area contributed by atoms with E-state index in [4.69, 9.17) is 9.72 Å². The van der Waals surface area contributed by atoms with Crippen LogP contribution < -0.4 is 10.9 Å². The van der Waals surface area contributed by atoms with Crippen molar-refractivity contribution in [2.24, 2.45) is 0 Å². The zero-order valence-corrected chi connectivity index (χ0v) is 20.9. The van der Waals surface area contributed by atoms with Crippen molar-refractivity contribution in [3.05, 3.63) is 56.7 Å². The number of rotatable bonds is 10. The van der Waals surface area contributed by atoms with Crippen molar-refractivity contribution in [3.8, 4) is 0 Å². The van der Waals surface area contributed by atoms with E-state index in [9.17, 15) is 9.59 Å². The lowest BCUT2D eigenvalue weighted by molar-refractivity contribution is -0.119. The zero-order chi connectivity index (χ0) is 23.2. The number of aromatic nitrogens is 2. The minimum atomic E-state index is -0.0552. The lowest BCUT2D eigenvalue weighted by Gasteiger charge is -2.19. The van der Waals surface area contributed by atoms with Gasteiger partial charge in [-0.15, -0.1) is 11.3 Å². The van der Waals surface area contributed by atoms with Crippen LogP contribution in [0.4, 0.5) is 0 Å². The highest BCUT2D eigenvalue weighted by atomic mass is 32.2. The largest absolute Gasteiger partial charge is 0.383 e. The molecule has 0 bridgehead atoms. The van der Waals surface area contributed by atoms with E-state index in [1.807, 2.05) is 30.3 Å². The van der Waals surface area contributed by atoms with Gasteiger partial charge in [-0.2, -0.15) is 0 Å². The number of carbonyl (C=O) groups excluding carboxylic acids is 1. The number of ether oxygens (including phenoxy) is 1. The number of hydrogen-bond donors (Lipinski definition) is 1. The average Bonchev–Trinajstić information content (AvgIpc) is 3.21. The molecule has 4 rings (SSSR count). The molecule has 1 amide bonds. The predicted octanol–water partition coefficient (Wildman–Crippen LogP) is 4.73. The molecule has 8 heteroatoms. The van der Waals surface area contributed by atoms with Crippen LogP contribution in [0.2, 0.25) is 0 Å². The number of amides is 1. The van der Waals surface area contributed by atoms with E-state index < -0.39 is 0 Å². The molecule has 2 heterocycles. The normalized spacial score (nSPS) is 14.2. The molecule has 1 unspecified atom stereocenters. The topological polar surface area (TPSA) is 73.2 Å². The summed E-state index contributed by atoms with van der Waals surface area (Å²) < 4.78 is 6.93. The highest BCUT2D eigenvalue weighted by Gasteiger charge is 2.23. The Morgan fingerprint density at radius 3 is 2.82 bits per heavy atom. The molecule has 0 radical (unpaired) electrons. The third-order valence-electron chi connectivity index (χ3n) is 6.01. The Hall–Kier alpha value is -2.16. The molecule has 0 fully saturated rings. The molecular formula is C25H31N3O3S2. The molecule has 1 atom stereocenters. The second-order valence-electron chi connectivity index (χ2n) is 8.34. The Balaban J connectivity index is 1.55. The monoisotopic (exact) mass is 485 g/mol. The number of methoxy groups -OCH3 is 1. The average molecular weight is 486 g/mol. The van der Waals surface area contributed by atoms with Gasteiger partial charge in [-0.05, 0) is 43.2 Å². The molecule has 1 aromatic carbocycles. The molecule has 2 aromatic heterocycles. The second-order valence-corrected chi connectivity index (χ2v) is 10.4. The van der Waals surface area contributed by atoms with E-state index in [1.165, 1.54) is 28.6 Å². The van der Waals surface area contributed by atoms with Gasteiger partial charge in [-0.1, -0.05) is 55.4 Å². The summed E-state index contributed by atoms with van der Waals surface area (Å²) in [6.07, 6.45) is 6.11. The molecule has 1 aliphatic carbocycles. The number of thioether (sulfide) groups is 1. The SMILES string of the molecule is CCCC(NC(=O)CSc1nc2sc3c(c2c(=O)n1CCOC)CCCC3)c1ccccc1. The summed E-state index contributed by atoms with van der Waals surface area (Å²) in [5, 5.41) is 4.52. The number of hydrogen-bond acceptors (Lipinski definition) is 6. The minimum Gasteiger partial charge on any atom is -0.383 e. The van der Waals surface area contributed by atoms with E-state index in [-0.39, 0.29) is 23.3 Å². The van der Waals surface area contributed by atoms with Crippen LogP contribution in [-0.2, 0) is 28.9 Å². The summed E-state index contributed by atoms with van der Waals surface area (Å²) in [5.41, 5.74) is 2.29. The molecular weight excluding hydrogens is 454 g/mol. The van der Waals surface area contributed by atoms with Gasteiger partial charge in [0.2, 0.25) is 5.91 Å². The maximum absolute atomic E-state index is 13.4. The Bertz CT molecular complexity index is 1160. The zero-order valence-electron chi connectivity index (χ0n) is 19.3. The summed E-state index contributed by atoms with van der Waals surface area (Å²) in [4.78, 5) is 33.2. The number of aryl methyl sites for hydroxylation is 2. The number of nitrogens with zero attached hydrogens (tertiary/aromatic N) is 2. The molecule has 33 heavy (non-hydrogen) atoms. The molecule has 176 valence electrons. The van der Waals surface area contributed by atoms with E-state index >= 15 is 0 Å². The lowest BCUT2D eigenvalue weighted by atomic mass is 9.97. The molecule has 0 spiro atoms. The van der Waals surface area contributed by atoms with Crippen molar-refractivity contribution in [1.29, 1.82) is 0 Å². The van der Waals surface area contributed by atoms with Crippen LogP contribution in [0.1, 0.15) is 54.7 Å². The Labute approximate surface area is 202 Å². The number of nitrogens with one attached hydrogen (secondary N) is 1. The van der Waals surface area contributed by atoms with E-state index in [0.717, 1.165) is 47.9 Å². The highest BCUT2D eigenvalue weighted by Crippen LogP contribution is 2.34. The van der Waals surface area contributed by atoms with Gasteiger partial charge in [0.05, 0.1) is 30.3 Å². The van der Waals surface area contributed by atoms with Gasteiger partial charge in [0, 0.05) is 12.0 Å². The highest BCUT2D eigenvalue weighted by molar-refractivity contribution is 7.99. The minimum absolute atomic E-state index is 0.00694. The van der Waals surface area contributed by atoms with E-state index in [1.54, 1.807) is 23.0 Å². The van der Waals surface area contributed by atoms with Crippen LogP contribution >= 0.6 is 23.1 Å². The van der Waals surface area contributed by atoms with E-state index in [2.05, 4.69) is 12.2 Å². The van der Waals surface area contributed by atoms with Crippen LogP contribution in [0, 0.1) is 0 Å². The van der Waals surface area contributed by atoms with Gasteiger partial charge < -0.3 is 10.1 Å². The first kappa shape index (κ1) is 24.0. The van der Waals surface area contributed by atoms with Gasteiger partial charge in [-0.25, -0.2) is 4.98 Å². The summed E-state index contributed by atoms with van der Waals surface area (Å²) >= 11 is 2.97. The van der Waals surface area contributed by atoms with Gasteiger partial charge in [0.15, 0.2) is 5.16 Å². The van der Waals surface area contributed by atoms with Crippen LogP contribution in [0.15, 0.2) is 40.3 Å². The van der Waals surface area contributed by atoms with Crippen molar-refractivity contribution < 1.29 is 9.53 Å². The molecule has 1 aliphatic rings. The molecule has 0 saturated carbocycles. The molecule has 0 saturated heterocycles. The predicted molar refractivity (Wildman–Crippen MR) is 135 cm³/mol. The fourth-order valence-corrected chi connectivity index (χ4v) is 6.51. The van der Waals surface area contributed by atoms with Gasteiger partial charge in [0.25, 0.3) is 5.56 Å². The summed E-state index contributed by atoms with van der Waals surface area (Å²) in [6.45, 7) is 2.96. The smallest absolute Gasteiger partial charge is 0.263 e. The molecule has 1 N–H and O–H groups in total. The maximum Gasteiger partial charge on any atom is 0.263 e. The standard InChI is InChI=1S/C25H31N3O3S2/c1-3-9-19(17-10-5-4-6-11-17)26-21(29)16-32-25-27-23-22(24(30)28(25)14-15-31-2)18-12-7-8-13-20(18)33-23/h4-6,10-11,19H,3,7-9,12-16H2,1-2H3,(H,26,29). The van der Waals surface area contributed by atoms with Crippen molar-refractivity contribution in [3.63, 3.8) is 0 Å². The fourth-order valence-electron chi connectivity index (χ4n) is 4.37. The first-order valence-corrected chi connectivity index (χ1v) is 13.4. The first-order chi connectivity index (χ1) is 16.1. The Kier molecular flexibility index (Phi) is 8.22. The van der Waals surface area contributed by atoms with Gasteiger partial charge >= 0.3 is 0 Å². The molecule has 6 nitrogen and oxygen atoms in total. The summed E-state index contributed by atoms with van der Waals surface area (Å²) in [7, 11) is 1.63. The quantitative estimate of drug-likeness (QED) is 0.332. The maximum atomic E-state index is 13.4. The van der Waals surface area contributed by atoms with Crippen LogP contribution in [-0.4, -0.2) is 34.9 Å². The molecule has 3 aromatic rings. The van der Waals surface area contributed by atoms with Crippen molar-refractivity contribution in [2.75, 3.05) is 19.5 Å². The van der Waals surface area contributed by atoms with E-state index in [0.29, 0.717) is 18.3 Å². The third kappa shape index (κ3) is 5.50. The summed E-state index contributed by atoms with van der Waals surface area (Å²) in [6, 6.07) is 10.0. The van der Waals surface area contributed by atoms with Gasteiger partial charge in [-0.3, -0.25) is 14.2 Å².